The maximum absolute atomic E-state index is 14.7. The molecular weight excluding hydrogens is 532 g/mol. The van der Waals surface area contributed by atoms with Gasteiger partial charge in [0.15, 0.2) is 0 Å². The van der Waals surface area contributed by atoms with E-state index >= 15 is 0 Å². The van der Waals surface area contributed by atoms with Crippen molar-refractivity contribution in [3.63, 3.8) is 0 Å². The number of aliphatic hydroxyl groups is 1. The molecule has 4 aliphatic rings. The molecule has 0 saturated heterocycles. The van der Waals surface area contributed by atoms with Gasteiger partial charge in [-0.2, -0.15) is 0 Å². The lowest BCUT2D eigenvalue weighted by atomic mass is 9.55. The Kier molecular flexibility index (Phi) is 6.54. The number of nitrogens with zero attached hydrogens (tertiary/aromatic N) is 1. The summed E-state index contributed by atoms with van der Waals surface area (Å²) in [4.78, 5) is 11.2. The Morgan fingerprint density at radius 1 is 1.11 bits per heavy atom. The number of carbonyl (C=O) groups is 1. The number of halogens is 3. The van der Waals surface area contributed by atoms with Crippen LogP contribution in [0.25, 0.3) is 11.3 Å². The third kappa shape index (κ3) is 4.43. The summed E-state index contributed by atoms with van der Waals surface area (Å²) < 4.78 is 27.2. The van der Waals surface area contributed by atoms with Crippen LogP contribution >= 0.6 is 23.2 Å². The normalized spacial score (nSPS) is 25.5. The van der Waals surface area contributed by atoms with Crippen molar-refractivity contribution in [2.45, 2.75) is 75.6 Å². The van der Waals surface area contributed by atoms with Crippen LogP contribution in [0.5, 0.6) is 0 Å². The molecular formula is C29H28Cl2FNO5. The quantitative estimate of drug-likeness (QED) is 0.293. The number of aromatic nitrogens is 1. The number of fused-ring (bicyclic) bond motifs is 3. The molecule has 2 bridgehead atoms. The predicted molar refractivity (Wildman–Crippen MR) is 140 cm³/mol. The van der Waals surface area contributed by atoms with Crippen molar-refractivity contribution in [1.82, 2.24) is 5.16 Å². The lowest BCUT2D eigenvalue weighted by molar-refractivity contribution is -0.170. The summed E-state index contributed by atoms with van der Waals surface area (Å²) in [6.45, 7) is 0.326. The minimum Gasteiger partial charge on any atom is -0.478 e. The molecule has 4 aliphatic carbocycles. The number of ether oxygens (including phenoxy) is 1. The first kappa shape index (κ1) is 25.8. The molecule has 4 fully saturated rings. The molecule has 1 unspecified atom stereocenters. The van der Waals surface area contributed by atoms with Gasteiger partial charge in [-0.15, -0.1) is 0 Å². The Balaban J connectivity index is 1.20. The van der Waals surface area contributed by atoms with Crippen molar-refractivity contribution in [1.29, 1.82) is 0 Å². The molecule has 3 aromatic rings. The number of aliphatic hydroxyl groups excluding tert-OH is 1. The van der Waals surface area contributed by atoms with Gasteiger partial charge in [-0.05, 0) is 75.6 Å². The zero-order valence-electron chi connectivity index (χ0n) is 20.7. The average Bonchev–Trinajstić information content (AvgIpc) is 3.68. The second-order valence-electron chi connectivity index (χ2n) is 11.0. The highest BCUT2D eigenvalue weighted by atomic mass is 35.5. The second-order valence-corrected chi connectivity index (χ2v) is 11.8. The highest BCUT2D eigenvalue weighted by molar-refractivity contribution is 6.39. The monoisotopic (exact) mass is 559 g/mol. The zero-order valence-corrected chi connectivity index (χ0v) is 22.2. The van der Waals surface area contributed by atoms with Crippen LogP contribution in [0.2, 0.25) is 10.0 Å². The summed E-state index contributed by atoms with van der Waals surface area (Å²) in [6.07, 6.45) is 5.39. The van der Waals surface area contributed by atoms with E-state index in [1.165, 1.54) is 12.1 Å². The van der Waals surface area contributed by atoms with Crippen LogP contribution < -0.4 is 0 Å². The van der Waals surface area contributed by atoms with Crippen molar-refractivity contribution < 1.29 is 28.7 Å². The summed E-state index contributed by atoms with van der Waals surface area (Å²) in [5.41, 5.74) is 1.39. The van der Waals surface area contributed by atoms with Gasteiger partial charge in [-0.25, -0.2) is 9.18 Å². The van der Waals surface area contributed by atoms with E-state index in [4.69, 9.17) is 37.6 Å². The van der Waals surface area contributed by atoms with E-state index in [0.29, 0.717) is 53.1 Å². The summed E-state index contributed by atoms with van der Waals surface area (Å²) in [6, 6.07) is 9.08. The van der Waals surface area contributed by atoms with Gasteiger partial charge in [-0.1, -0.05) is 40.5 Å². The zero-order chi connectivity index (χ0) is 26.7. The second kappa shape index (κ2) is 9.63. The van der Waals surface area contributed by atoms with E-state index in [2.05, 4.69) is 5.16 Å². The third-order valence-electron chi connectivity index (χ3n) is 8.85. The maximum atomic E-state index is 14.7. The Morgan fingerprint density at radius 2 is 1.76 bits per heavy atom. The largest absolute Gasteiger partial charge is 0.478 e. The summed E-state index contributed by atoms with van der Waals surface area (Å²) in [7, 11) is 0. The van der Waals surface area contributed by atoms with E-state index in [1.807, 2.05) is 0 Å². The number of hydrogen-bond acceptors (Lipinski definition) is 5. The molecule has 0 radical (unpaired) electrons. The molecule has 1 heterocycles. The van der Waals surface area contributed by atoms with Crippen LogP contribution in [-0.2, 0) is 11.3 Å². The molecule has 6 nitrogen and oxygen atoms in total. The highest BCUT2D eigenvalue weighted by Crippen LogP contribution is 2.59. The van der Waals surface area contributed by atoms with Crippen LogP contribution in [0, 0.1) is 11.2 Å². The third-order valence-corrected chi connectivity index (χ3v) is 9.48. The predicted octanol–water partition coefficient (Wildman–Crippen LogP) is 7.71. The van der Waals surface area contributed by atoms with Crippen LogP contribution in [0.4, 0.5) is 4.39 Å². The first-order valence-electron chi connectivity index (χ1n) is 13.0. The number of carboxylic acids is 1. The van der Waals surface area contributed by atoms with Crippen molar-refractivity contribution in [3.05, 3.63) is 74.7 Å². The molecule has 200 valence electrons. The molecule has 7 rings (SSSR count). The minimum atomic E-state index is -1.20. The molecule has 2 aromatic carbocycles. The van der Waals surface area contributed by atoms with Crippen LogP contribution in [-0.4, -0.2) is 26.9 Å². The fourth-order valence-electron chi connectivity index (χ4n) is 6.29. The molecule has 4 saturated carbocycles. The lowest BCUT2D eigenvalue weighted by Gasteiger charge is -2.55. The van der Waals surface area contributed by atoms with E-state index in [1.54, 1.807) is 18.2 Å². The van der Waals surface area contributed by atoms with Crippen LogP contribution in [0.15, 0.2) is 40.9 Å². The molecule has 1 aromatic heterocycles. The molecule has 2 N–H and O–H groups in total. The Labute approximate surface area is 229 Å². The molecule has 38 heavy (non-hydrogen) atoms. The number of hydrogen-bond donors (Lipinski definition) is 2. The van der Waals surface area contributed by atoms with Gasteiger partial charge in [-0.3, -0.25) is 0 Å². The van der Waals surface area contributed by atoms with Crippen molar-refractivity contribution in [2.75, 3.05) is 0 Å². The van der Waals surface area contributed by atoms with Gasteiger partial charge in [0.05, 0.1) is 33.9 Å². The highest BCUT2D eigenvalue weighted by Gasteiger charge is 2.53. The molecule has 1 atom stereocenters. The van der Waals surface area contributed by atoms with Gasteiger partial charge in [0.25, 0.3) is 0 Å². The standard InChI is InChI=1S/C29H28Cl2FNO5/c30-20-2-1-3-21(31)23(20)24-19(25(38-33-24)16-4-5-16)15-37-29-11-8-28(9-12-29,10-13-29)26(34)18-7-6-17(27(35)36)14-22(18)32/h1-3,6-7,14,16,26,34H,4-5,8-13,15H2,(H,35,36). The Hall–Kier alpha value is -2.45. The van der Waals surface area contributed by atoms with Crippen LogP contribution in [0.3, 0.4) is 0 Å². The number of benzene rings is 2. The van der Waals surface area contributed by atoms with Crippen molar-refractivity contribution >= 4 is 29.2 Å². The summed E-state index contributed by atoms with van der Waals surface area (Å²) in [5.74, 6) is -0.713. The molecule has 0 aliphatic heterocycles. The maximum Gasteiger partial charge on any atom is 0.335 e. The first-order valence-corrected chi connectivity index (χ1v) is 13.8. The fourth-order valence-corrected chi connectivity index (χ4v) is 6.87. The van der Waals surface area contributed by atoms with Gasteiger partial charge < -0.3 is 19.5 Å². The van der Waals surface area contributed by atoms with E-state index in [0.717, 1.165) is 49.5 Å². The van der Waals surface area contributed by atoms with E-state index < -0.39 is 23.3 Å². The Bertz CT molecular complexity index is 1360. The number of rotatable bonds is 8. The summed E-state index contributed by atoms with van der Waals surface area (Å²) in [5, 5.41) is 25.7. The topological polar surface area (TPSA) is 92.8 Å². The van der Waals surface area contributed by atoms with Crippen molar-refractivity contribution in [3.8, 4) is 11.3 Å². The molecule has 0 amide bonds. The molecule has 0 spiro atoms. The van der Waals surface area contributed by atoms with Crippen molar-refractivity contribution in [2.24, 2.45) is 5.41 Å². The smallest absolute Gasteiger partial charge is 0.335 e. The number of aromatic carboxylic acids is 1. The fraction of sp³-hybridized carbons (Fsp3) is 0.448. The van der Waals surface area contributed by atoms with E-state index in [9.17, 15) is 14.3 Å². The van der Waals surface area contributed by atoms with Gasteiger partial charge in [0.2, 0.25) is 0 Å². The first-order chi connectivity index (χ1) is 18.2. The molecule has 9 heteroatoms. The van der Waals surface area contributed by atoms with Gasteiger partial charge in [0, 0.05) is 28.0 Å². The number of carboxylic acid groups (broad SMARTS) is 1. The lowest BCUT2D eigenvalue weighted by Crippen LogP contribution is -2.50. The van der Waals surface area contributed by atoms with E-state index in [-0.39, 0.29) is 16.7 Å². The summed E-state index contributed by atoms with van der Waals surface area (Å²) >= 11 is 13.0. The average molecular weight is 560 g/mol. The van der Waals surface area contributed by atoms with Crippen LogP contribution in [0.1, 0.15) is 90.6 Å². The Morgan fingerprint density at radius 3 is 2.34 bits per heavy atom. The van der Waals surface area contributed by atoms with Gasteiger partial charge >= 0.3 is 5.97 Å². The minimum absolute atomic E-state index is 0.132. The SMILES string of the molecule is O=C(O)c1ccc(C(O)C23CCC(OCc4c(-c5c(Cl)cccc5Cl)noc4C4CC4)(CC2)CC3)c(F)c1. The van der Waals surface area contributed by atoms with Gasteiger partial charge in [0.1, 0.15) is 17.3 Å².